The Morgan fingerprint density at radius 3 is 2.48 bits per heavy atom. The number of nitrogens with one attached hydrogen (secondary N) is 2. The first-order valence-corrected chi connectivity index (χ1v) is 8.53. The van der Waals surface area contributed by atoms with Crippen LogP contribution in [0.4, 0.5) is 0 Å². The van der Waals surface area contributed by atoms with Gasteiger partial charge < -0.3 is 15.4 Å². The Labute approximate surface area is 136 Å². The fourth-order valence-electron chi connectivity index (χ4n) is 3.25. The zero-order chi connectivity index (χ0) is 16.1. The van der Waals surface area contributed by atoms with Crippen LogP contribution in [0.5, 0.6) is 0 Å². The smallest absolute Gasteiger partial charge is 0.251 e. The van der Waals surface area contributed by atoms with Crippen LogP contribution >= 0.6 is 0 Å². The molecule has 1 atom stereocenters. The van der Waals surface area contributed by atoms with E-state index in [-0.39, 0.29) is 24.0 Å². The van der Waals surface area contributed by atoms with Crippen LogP contribution in [-0.2, 0) is 4.74 Å². The van der Waals surface area contributed by atoms with Gasteiger partial charge in [-0.15, -0.1) is 0 Å². The monoisotopic (exact) mass is 316 g/mol. The molecule has 0 bridgehead atoms. The molecule has 0 spiro atoms. The Balaban J connectivity index is 1.57. The molecule has 1 heterocycles. The molecule has 1 saturated heterocycles. The van der Waals surface area contributed by atoms with Gasteiger partial charge in [0.15, 0.2) is 0 Å². The van der Waals surface area contributed by atoms with Crippen molar-refractivity contribution < 1.29 is 14.3 Å². The molecule has 2 amide bonds. The maximum atomic E-state index is 12.3. The highest BCUT2D eigenvalue weighted by atomic mass is 16.5. The maximum Gasteiger partial charge on any atom is 0.251 e. The lowest BCUT2D eigenvalue weighted by Gasteiger charge is -2.13. The third-order valence-electron chi connectivity index (χ3n) is 4.59. The van der Waals surface area contributed by atoms with Crippen molar-refractivity contribution in [3.8, 4) is 0 Å². The van der Waals surface area contributed by atoms with Crippen LogP contribution in [0, 0.1) is 0 Å². The van der Waals surface area contributed by atoms with Crippen LogP contribution in [-0.4, -0.2) is 37.1 Å². The predicted octanol–water partition coefficient (Wildman–Crippen LogP) is 2.27. The van der Waals surface area contributed by atoms with Gasteiger partial charge in [-0.25, -0.2) is 0 Å². The molecule has 1 aliphatic heterocycles. The highest BCUT2D eigenvalue weighted by Crippen LogP contribution is 2.18. The molecule has 23 heavy (non-hydrogen) atoms. The second kappa shape index (κ2) is 7.59. The van der Waals surface area contributed by atoms with Gasteiger partial charge in [-0.1, -0.05) is 18.9 Å². The van der Waals surface area contributed by atoms with Gasteiger partial charge in [0.05, 0.1) is 6.10 Å². The molecule has 5 heteroatoms. The maximum absolute atomic E-state index is 12.3. The summed E-state index contributed by atoms with van der Waals surface area (Å²) < 4.78 is 5.50. The van der Waals surface area contributed by atoms with Gasteiger partial charge in [0.25, 0.3) is 11.8 Å². The highest BCUT2D eigenvalue weighted by molar-refractivity contribution is 5.99. The van der Waals surface area contributed by atoms with Crippen molar-refractivity contribution in [2.24, 2.45) is 0 Å². The van der Waals surface area contributed by atoms with Gasteiger partial charge in [-0.3, -0.25) is 9.59 Å². The van der Waals surface area contributed by atoms with Gasteiger partial charge in [0.1, 0.15) is 0 Å². The van der Waals surface area contributed by atoms with Crippen molar-refractivity contribution in [2.45, 2.75) is 50.7 Å². The summed E-state index contributed by atoms with van der Waals surface area (Å²) in [5.74, 6) is -0.248. The van der Waals surface area contributed by atoms with Gasteiger partial charge >= 0.3 is 0 Å². The first kappa shape index (κ1) is 16.0. The number of benzene rings is 1. The average molecular weight is 316 g/mol. The second-order valence-corrected chi connectivity index (χ2v) is 6.38. The number of carbonyl (C=O) groups is 2. The largest absolute Gasteiger partial charge is 0.376 e. The van der Waals surface area contributed by atoms with E-state index >= 15 is 0 Å². The van der Waals surface area contributed by atoms with Crippen molar-refractivity contribution in [2.75, 3.05) is 13.2 Å². The molecule has 2 fully saturated rings. The summed E-state index contributed by atoms with van der Waals surface area (Å²) >= 11 is 0. The van der Waals surface area contributed by atoms with Crippen LogP contribution in [0.2, 0.25) is 0 Å². The van der Waals surface area contributed by atoms with Crippen LogP contribution in [0.3, 0.4) is 0 Å². The Morgan fingerprint density at radius 1 is 1.04 bits per heavy atom. The molecule has 3 rings (SSSR count). The highest BCUT2D eigenvalue weighted by Gasteiger charge is 2.19. The third-order valence-corrected chi connectivity index (χ3v) is 4.59. The first-order chi connectivity index (χ1) is 11.2. The zero-order valence-corrected chi connectivity index (χ0v) is 13.3. The Morgan fingerprint density at radius 2 is 1.78 bits per heavy atom. The molecule has 1 saturated carbocycles. The summed E-state index contributed by atoms with van der Waals surface area (Å²) in [6.07, 6.45) is 6.61. The quantitative estimate of drug-likeness (QED) is 0.875. The molecule has 1 unspecified atom stereocenters. The van der Waals surface area contributed by atoms with E-state index in [4.69, 9.17) is 4.74 Å². The van der Waals surface area contributed by atoms with Crippen molar-refractivity contribution in [1.29, 1.82) is 0 Å². The molecule has 1 aromatic carbocycles. The van der Waals surface area contributed by atoms with Gasteiger partial charge in [-0.2, -0.15) is 0 Å². The van der Waals surface area contributed by atoms with E-state index < -0.39 is 0 Å². The lowest BCUT2D eigenvalue weighted by Crippen LogP contribution is -2.33. The van der Waals surface area contributed by atoms with Crippen molar-refractivity contribution in [3.63, 3.8) is 0 Å². The fraction of sp³-hybridized carbons (Fsp3) is 0.556. The summed E-state index contributed by atoms with van der Waals surface area (Å²) in [7, 11) is 0. The Kier molecular flexibility index (Phi) is 5.28. The molecular weight excluding hydrogens is 292 g/mol. The molecule has 124 valence electrons. The average Bonchev–Trinajstić information content (AvgIpc) is 3.26. The second-order valence-electron chi connectivity index (χ2n) is 6.38. The van der Waals surface area contributed by atoms with E-state index in [1.54, 1.807) is 24.3 Å². The predicted molar refractivity (Wildman–Crippen MR) is 87.5 cm³/mol. The topological polar surface area (TPSA) is 67.4 Å². The van der Waals surface area contributed by atoms with Crippen LogP contribution in [0.25, 0.3) is 0 Å². The van der Waals surface area contributed by atoms with E-state index in [1.807, 2.05) is 0 Å². The summed E-state index contributed by atoms with van der Waals surface area (Å²) in [4.78, 5) is 24.5. The first-order valence-electron chi connectivity index (χ1n) is 8.53. The molecule has 1 aromatic rings. The standard InChI is InChI=1S/C18H24N2O3/c21-17(19-12-16-9-4-10-23-16)13-5-3-6-14(11-13)18(22)20-15-7-1-2-8-15/h3,5-6,11,15-16H,1-2,4,7-10,12H2,(H,19,21)(H,20,22). The number of hydrogen-bond acceptors (Lipinski definition) is 3. The van der Waals surface area contributed by atoms with Crippen molar-refractivity contribution in [3.05, 3.63) is 35.4 Å². The summed E-state index contributed by atoms with van der Waals surface area (Å²) in [5, 5.41) is 5.93. The minimum atomic E-state index is -0.156. The fourth-order valence-corrected chi connectivity index (χ4v) is 3.25. The summed E-state index contributed by atoms with van der Waals surface area (Å²) in [5.41, 5.74) is 1.06. The number of amides is 2. The lowest BCUT2D eigenvalue weighted by atomic mass is 10.1. The SMILES string of the molecule is O=C(NCC1CCCO1)c1cccc(C(=O)NC2CCCC2)c1. The van der Waals surface area contributed by atoms with E-state index in [0.717, 1.165) is 32.3 Å². The summed E-state index contributed by atoms with van der Waals surface area (Å²) in [6, 6.07) is 7.18. The third kappa shape index (κ3) is 4.32. The molecule has 2 aliphatic rings. The Hall–Kier alpha value is -1.88. The van der Waals surface area contributed by atoms with Gasteiger partial charge in [0, 0.05) is 30.3 Å². The Bertz CT molecular complexity index is 561. The number of carbonyl (C=O) groups excluding carboxylic acids is 2. The van der Waals surface area contributed by atoms with E-state index in [1.165, 1.54) is 12.8 Å². The van der Waals surface area contributed by atoms with Gasteiger partial charge in [-0.05, 0) is 43.9 Å². The van der Waals surface area contributed by atoms with Crippen LogP contribution in [0.1, 0.15) is 59.2 Å². The lowest BCUT2D eigenvalue weighted by molar-refractivity contribution is 0.0857. The molecule has 2 N–H and O–H groups in total. The molecule has 5 nitrogen and oxygen atoms in total. The minimum Gasteiger partial charge on any atom is -0.376 e. The van der Waals surface area contributed by atoms with Crippen molar-refractivity contribution >= 4 is 11.8 Å². The van der Waals surface area contributed by atoms with Gasteiger partial charge in [0.2, 0.25) is 0 Å². The minimum absolute atomic E-state index is 0.0920. The van der Waals surface area contributed by atoms with Crippen LogP contribution < -0.4 is 10.6 Å². The number of hydrogen-bond donors (Lipinski definition) is 2. The molecular formula is C18H24N2O3. The van der Waals surface area contributed by atoms with E-state index in [0.29, 0.717) is 17.7 Å². The molecule has 0 aromatic heterocycles. The molecule has 0 radical (unpaired) electrons. The summed E-state index contributed by atoms with van der Waals surface area (Å²) in [6.45, 7) is 1.30. The number of rotatable bonds is 5. The van der Waals surface area contributed by atoms with E-state index in [2.05, 4.69) is 10.6 Å². The van der Waals surface area contributed by atoms with Crippen molar-refractivity contribution in [1.82, 2.24) is 10.6 Å². The van der Waals surface area contributed by atoms with Crippen LogP contribution in [0.15, 0.2) is 24.3 Å². The normalized spacial score (nSPS) is 21.3. The van der Waals surface area contributed by atoms with E-state index in [9.17, 15) is 9.59 Å². The zero-order valence-electron chi connectivity index (χ0n) is 13.3. The molecule has 1 aliphatic carbocycles. The number of ether oxygens (including phenoxy) is 1.